The Hall–Kier alpha value is -1.13. The summed E-state index contributed by atoms with van der Waals surface area (Å²) in [5, 5.41) is 9.71. The molecule has 1 aliphatic rings. The Labute approximate surface area is 109 Å². The molecule has 0 bridgehead atoms. The minimum atomic E-state index is -0.497. The van der Waals surface area contributed by atoms with E-state index in [2.05, 4.69) is 4.98 Å². The van der Waals surface area contributed by atoms with E-state index >= 15 is 0 Å². The molecule has 1 N–H and O–H groups in total. The standard InChI is InChI=1S/C14H22N2O2/c1-11(17)13-4-3-7-15-14(13)16(2)8-9-18-10-12-5-6-12/h3-4,7,11-12,17H,5-6,8-10H2,1-2H3/t11-/m0/s1. The second kappa shape index (κ2) is 6.16. The van der Waals surface area contributed by atoms with Crippen LogP contribution in [-0.4, -0.2) is 36.9 Å². The molecule has 0 aliphatic heterocycles. The molecule has 1 aromatic rings. The number of hydrogen-bond donors (Lipinski definition) is 1. The highest BCUT2D eigenvalue weighted by Crippen LogP contribution is 2.28. The quantitative estimate of drug-likeness (QED) is 0.752. The highest BCUT2D eigenvalue weighted by atomic mass is 16.5. The maximum Gasteiger partial charge on any atom is 0.134 e. The minimum absolute atomic E-state index is 0.497. The molecule has 0 unspecified atom stereocenters. The van der Waals surface area contributed by atoms with Crippen LogP contribution in [0.4, 0.5) is 5.82 Å². The van der Waals surface area contributed by atoms with E-state index in [1.807, 2.05) is 24.1 Å². The lowest BCUT2D eigenvalue weighted by Crippen LogP contribution is -2.25. The van der Waals surface area contributed by atoms with Crippen molar-refractivity contribution in [2.24, 2.45) is 5.92 Å². The molecule has 0 spiro atoms. The molecule has 0 aromatic carbocycles. The van der Waals surface area contributed by atoms with Crippen LogP contribution in [0.25, 0.3) is 0 Å². The van der Waals surface area contributed by atoms with Crippen molar-refractivity contribution < 1.29 is 9.84 Å². The highest BCUT2D eigenvalue weighted by Gasteiger charge is 2.21. The minimum Gasteiger partial charge on any atom is -0.389 e. The van der Waals surface area contributed by atoms with Crippen molar-refractivity contribution in [3.8, 4) is 0 Å². The molecule has 0 radical (unpaired) electrons. The average molecular weight is 250 g/mol. The van der Waals surface area contributed by atoms with Gasteiger partial charge in [-0.05, 0) is 31.7 Å². The van der Waals surface area contributed by atoms with Crippen LogP contribution in [0.2, 0.25) is 0 Å². The van der Waals surface area contributed by atoms with E-state index < -0.39 is 6.10 Å². The summed E-state index contributed by atoms with van der Waals surface area (Å²) in [6, 6.07) is 3.76. The van der Waals surface area contributed by atoms with E-state index in [1.54, 1.807) is 13.1 Å². The molecule has 4 nitrogen and oxygen atoms in total. The molecule has 1 atom stereocenters. The zero-order chi connectivity index (χ0) is 13.0. The number of nitrogens with zero attached hydrogens (tertiary/aromatic N) is 2. The van der Waals surface area contributed by atoms with E-state index in [1.165, 1.54) is 12.8 Å². The van der Waals surface area contributed by atoms with E-state index in [-0.39, 0.29) is 0 Å². The molecule has 18 heavy (non-hydrogen) atoms. The number of aromatic nitrogens is 1. The Balaban J connectivity index is 1.84. The summed E-state index contributed by atoms with van der Waals surface area (Å²) >= 11 is 0. The van der Waals surface area contributed by atoms with Crippen molar-refractivity contribution in [2.75, 3.05) is 31.7 Å². The van der Waals surface area contributed by atoms with E-state index in [4.69, 9.17) is 4.74 Å². The predicted molar refractivity (Wildman–Crippen MR) is 71.7 cm³/mol. The third-order valence-electron chi connectivity index (χ3n) is 3.25. The average Bonchev–Trinajstić information content (AvgIpc) is 3.18. The first kappa shape index (κ1) is 13.3. The Bertz CT molecular complexity index is 378. The molecule has 1 aromatic heterocycles. The second-order valence-corrected chi connectivity index (χ2v) is 5.03. The van der Waals surface area contributed by atoms with Crippen molar-refractivity contribution in [3.63, 3.8) is 0 Å². The summed E-state index contributed by atoms with van der Waals surface area (Å²) in [6.45, 7) is 4.16. The summed E-state index contributed by atoms with van der Waals surface area (Å²) in [6.07, 6.45) is 3.90. The topological polar surface area (TPSA) is 45.6 Å². The van der Waals surface area contributed by atoms with Gasteiger partial charge in [0.15, 0.2) is 0 Å². The van der Waals surface area contributed by atoms with Gasteiger partial charge in [0, 0.05) is 32.0 Å². The number of anilines is 1. The van der Waals surface area contributed by atoms with Gasteiger partial charge in [-0.25, -0.2) is 4.98 Å². The lowest BCUT2D eigenvalue weighted by molar-refractivity contribution is 0.130. The normalized spacial score (nSPS) is 16.6. The van der Waals surface area contributed by atoms with Gasteiger partial charge in [0.05, 0.1) is 12.7 Å². The van der Waals surface area contributed by atoms with Crippen LogP contribution in [-0.2, 0) is 4.74 Å². The van der Waals surface area contributed by atoms with E-state index in [9.17, 15) is 5.11 Å². The molecule has 1 saturated carbocycles. The summed E-state index contributed by atoms with van der Waals surface area (Å²) in [7, 11) is 1.98. The maximum atomic E-state index is 9.71. The molecule has 1 aliphatic carbocycles. The molecule has 4 heteroatoms. The lowest BCUT2D eigenvalue weighted by atomic mass is 10.1. The van der Waals surface area contributed by atoms with Crippen molar-refractivity contribution in [1.82, 2.24) is 4.98 Å². The highest BCUT2D eigenvalue weighted by molar-refractivity contribution is 5.46. The molecule has 1 fully saturated rings. The van der Waals surface area contributed by atoms with Gasteiger partial charge >= 0.3 is 0 Å². The number of rotatable bonds is 7. The molecule has 100 valence electrons. The van der Waals surface area contributed by atoms with Gasteiger partial charge in [0.2, 0.25) is 0 Å². The van der Waals surface area contributed by atoms with Gasteiger partial charge in [0.25, 0.3) is 0 Å². The number of hydrogen-bond acceptors (Lipinski definition) is 4. The fourth-order valence-corrected chi connectivity index (χ4v) is 1.90. The van der Waals surface area contributed by atoms with Crippen LogP contribution in [0.5, 0.6) is 0 Å². The molecular weight excluding hydrogens is 228 g/mol. The van der Waals surface area contributed by atoms with Crippen LogP contribution in [0.15, 0.2) is 18.3 Å². The molecular formula is C14H22N2O2. The van der Waals surface area contributed by atoms with Crippen molar-refractivity contribution in [1.29, 1.82) is 0 Å². The van der Waals surface area contributed by atoms with Gasteiger partial charge in [-0.15, -0.1) is 0 Å². The van der Waals surface area contributed by atoms with Crippen LogP contribution in [0.1, 0.15) is 31.4 Å². The first-order chi connectivity index (χ1) is 8.68. The zero-order valence-corrected chi connectivity index (χ0v) is 11.2. The van der Waals surface area contributed by atoms with Crippen molar-refractivity contribution >= 4 is 5.82 Å². The second-order valence-electron chi connectivity index (χ2n) is 5.03. The molecule has 2 rings (SSSR count). The SMILES string of the molecule is C[C@H](O)c1cccnc1N(C)CCOCC1CC1. The summed E-state index contributed by atoms with van der Waals surface area (Å²) in [5.74, 6) is 1.64. The van der Waals surface area contributed by atoms with Crippen LogP contribution < -0.4 is 4.90 Å². The smallest absolute Gasteiger partial charge is 0.134 e. The van der Waals surface area contributed by atoms with Gasteiger partial charge in [0.1, 0.15) is 5.82 Å². The fraction of sp³-hybridized carbons (Fsp3) is 0.643. The molecule has 0 amide bonds. The number of aliphatic hydroxyl groups excluding tert-OH is 1. The number of aliphatic hydroxyl groups is 1. The monoisotopic (exact) mass is 250 g/mol. The van der Waals surface area contributed by atoms with E-state index in [0.29, 0.717) is 6.61 Å². The summed E-state index contributed by atoms with van der Waals surface area (Å²) in [5.41, 5.74) is 0.863. The Morgan fingerprint density at radius 3 is 3.00 bits per heavy atom. The molecule has 1 heterocycles. The maximum absolute atomic E-state index is 9.71. The third-order valence-corrected chi connectivity index (χ3v) is 3.25. The van der Waals surface area contributed by atoms with Crippen LogP contribution >= 0.6 is 0 Å². The zero-order valence-electron chi connectivity index (χ0n) is 11.2. The van der Waals surface area contributed by atoms with Gasteiger partial charge < -0.3 is 14.7 Å². The first-order valence-electron chi connectivity index (χ1n) is 6.60. The molecule has 0 saturated heterocycles. The Morgan fingerprint density at radius 1 is 1.56 bits per heavy atom. The van der Waals surface area contributed by atoms with Crippen LogP contribution in [0, 0.1) is 5.92 Å². The fourth-order valence-electron chi connectivity index (χ4n) is 1.90. The Morgan fingerprint density at radius 2 is 2.33 bits per heavy atom. The summed E-state index contributed by atoms with van der Waals surface area (Å²) < 4.78 is 5.62. The van der Waals surface area contributed by atoms with Gasteiger partial charge in [-0.2, -0.15) is 0 Å². The third kappa shape index (κ3) is 3.68. The summed E-state index contributed by atoms with van der Waals surface area (Å²) in [4.78, 5) is 6.37. The number of ether oxygens (including phenoxy) is 1. The van der Waals surface area contributed by atoms with E-state index in [0.717, 1.165) is 30.5 Å². The predicted octanol–water partition coefficient (Wildman–Crippen LogP) is 2.00. The largest absolute Gasteiger partial charge is 0.389 e. The van der Waals surface area contributed by atoms with Gasteiger partial charge in [-0.1, -0.05) is 6.07 Å². The number of likely N-dealkylation sites (N-methyl/N-ethyl adjacent to an activating group) is 1. The van der Waals surface area contributed by atoms with Crippen molar-refractivity contribution in [3.05, 3.63) is 23.9 Å². The first-order valence-corrected chi connectivity index (χ1v) is 6.60. The van der Waals surface area contributed by atoms with Gasteiger partial charge in [-0.3, -0.25) is 0 Å². The number of pyridine rings is 1. The van der Waals surface area contributed by atoms with Crippen LogP contribution in [0.3, 0.4) is 0 Å². The van der Waals surface area contributed by atoms with Crippen molar-refractivity contribution in [2.45, 2.75) is 25.9 Å². The lowest BCUT2D eigenvalue weighted by Gasteiger charge is -2.22. The Kier molecular flexibility index (Phi) is 4.55.